The summed E-state index contributed by atoms with van der Waals surface area (Å²) in [6.07, 6.45) is 9.53. The maximum atomic E-state index is 14.0. The van der Waals surface area contributed by atoms with Gasteiger partial charge in [-0.05, 0) is 44.6 Å². The van der Waals surface area contributed by atoms with E-state index in [2.05, 4.69) is 36.3 Å². The Labute approximate surface area is 207 Å². The predicted molar refractivity (Wildman–Crippen MR) is 134 cm³/mol. The molecule has 0 radical (unpaired) electrons. The van der Waals surface area contributed by atoms with Crippen molar-refractivity contribution in [2.24, 2.45) is 0 Å². The van der Waals surface area contributed by atoms with E-state index in [4.69, 9.17) is 0 Å². The Kier molecular flexibility index (Phi) is 6.57. The summed E-state index contributed by atoms with van der Waals surface area (Å²) in [5, 5.41) is 17.2. The number of carbonyl (C=O) groups excluding carboxylic acids is 2. The summed E-state index contributed by atoms with van der Waals surface area (Å²) in [5.41, 5.74) is 1.55. The molecule has 11 nitrogen and oxygen atoms in total. The van der Waals surface area contributed by atoms with E-state index < -0.39 is 11.7 Å². The lowest BCUT2D eigenvalue weighted by Crippen LogP contribution is -2.44. The molecule has 5 rings (SSSR count). The van der Waals surface area contributed by atoms with E-state index in [1.54, 1.807) is 19.0 Å². The summed E-state index contributed by atoms with van der Waals surface area (Å²) in [4.78, 5) is 34.6. The van der Waals surface area contributed by atoms with Gasteiger partial charge in [-0.15, -0.1) is 5.10 Å². The molecule has 3 aromatic heterocycles. The molecule has 3 amide bonds. The summed E-state index contributed by atoms with van der Waals surface area (Å²) in [5.74, 6) is -0.524. The van der Waals surface area contributed by atoms with Crippen LogP contribution < -0.4 is 21.3 Å². The van der Waals surface area contributed by atoms with Gasteiger partial charge in [-0.3, -0.25) is 9.78 Å². The zero-order chi connectivity index (χ0) is 25.2. The van der Waals surface area contributed by atoms with Crippen LogP contribution in [0.3, 0.4) is 0 Å². The number of aromatic nitrogens is 4. The van der Waals surface area contributed by atoms with Crippen molar-refractivity contribution in [3.05, 3.63) is 42.2 Å². The van der Waals surface area contributed by atoms with Crippen molar-refractivity contribution in [1.82, 2.24) is 29.8 Å². The van der Waals surface area contributed by atoms with Gasteiger partial charge in [0.2, 0.25) is 0 Å². The Morgan fingerprint density at radius 1 is 1.00 bits per heavy atom. The van der Waals surface area contributed by atoms with Gasteiger partial charge in [-0.25, -0.2) is 18.7 Å². The third-order valence-corrected chi connectivity index (χ3v) is 6.47. The molecule has 2 aliphatic carbocycles. The standard InChI is InChI=1S/C24H30FN9O2/c1-33(2)24(36)30-16-7-5-15(6-8-16)29-21-11-19(28-14-3-4-14)22-27-13-20(34(22)32-21)23(35)31-18-9-10-26-12-17(18)25/h9-16,28H,3-8H2,1-2H3,(H,29,32)(H,30,36)(H,26,31,35). The van der Waals surface area contributed by atoms with Crippen molar-refractivity contribution in [3.8, 4) is 0 Å². The van der Waals surface area contributed by atoms with E-state index in [0.717, 1.165) is 50.4 Å². The Morgan fingerprint density at radius 2 is 1.69 bits per heavy atom. The third-order valence-electron chi connectivity index (χ3n) is 6.47. The molecule has 0 aromatic carbocycles. The lowest BCUT2D eigenvalue weighted by molar-refractivity contribution is 0.102. The minimum Gasteiger partial charge on any atom is -0.379 e. The molecule has 0 aliphatic heterocycles. The number of anilines is 3. The van der Waals surface area contributed by atoms with Crippen LogP contribution in [-0.2, 0) is 0 Å². The number of nitrogens with zero attached hydrogens (tertiary/aromatic N) is 5. The van der Waals surface area contributed by atoms with E-state index in [-0.39, 0.29) is 29.5 Å². The number of rotatable bonds is 7. The Hall–Kier alpha value is -3.96. The first-order valence-electron chi connectivity index (χ1n) is 12.2. The van der Waals surface area contributed by atoms with Crippen molar-refractivity contribution >= 4 is 34.8 Å². The number of amides is 3. The highest BCUT2D eigenvalue weighted by atomic mass is 19.1. The minimum absolute atomic E-state index is 0.0358. The summed E-state index contributed by atoms with van der Waals surface area (Å²) >= 11 is 0. The van der Waals surface area contributed by atoms with Crippen LogP contribution in [-0.4, -0.2) is 68.6 Å². The van der Waals surface area contributed by atoms with Crippen LogP contribution in [0.15, 0.2) is 30.7 Å². The fraction of sp³-hybridized carbons (Fsp3) is 0.458. The number of carbonyl (C=O) groups is 2. The fourth-order valence-corrected chi connectivity index (χ4v) is 4.31. The molecule has 2 saturated carbocycles. The second-order valence-electron chi connectivity index (χ2n) is 9.59. The van der Waals surface area contributed by atoms with Crippen molar-refractivity contribution in [2.75, 3.05) is 30.0 Å². The maximum Gasteiger partial charge on any atom is 0.317 e. The Balaban J connectivity index is 1.34. The first-order chi connectivity index (χ1) is 17.4. The number of nitrogens with one attached hydrogen (secondary N) is 4. The average molecular weight is 496 g/mol. The molecule has 3 aromatic rings. The predicted octanol–water partition coefficient (Wildman–Crippen LogP) is 3.08. The molecular formula is C24H30FN9O2. The van der Waals surface area contributed by atoms with Crippen molar-refractivity contribution in [3.63, 3.8) is 0 Å². The lowest BCUT2D eigenvalue weighted by Gasteiger charge is -2.30. The third kappa shape index (κ3) is 5.31. The van der Waals surface area contributed by atoms with E-state index in [1.807, 2.05) is 6.07 Å². The summed E-state index contributed by atoms with van der Waals surface area (Å²) in [6.45, 7) is 0. The molecule has 0 saturated heterocycles. The molecule has 0 spiro atoms. The van der Waals surface area contributed by atoms with Crippen molar-refractivity contribution < 1.29 is 14.0 Å². The molecule has 12 heteroatoms. The normalized spacial score (nSPS) is 19.5. The van der Waals surface area contributed by atoms with Gasteiger partial charge in [0.05, 0.1) is 23.8 Å². The molecule has 0 atom stereocenters. The van der Waals surface area contributed by atoms with Crippen LogP contribution in [0.4, 0.5) is 26.4 Å². The van der Waals surface area contributed by atoms with Crippen LogP contribution in [0, 0.1) is 5.82 Å². The highest BCUT2D eigenvalue weighted by molar-refractivity contribution is 6.03. The quantitative estimate of drug-likeness (QED) is 0.396. The van der Waals surface area contributed by atoms with Gasteiger partial charge in [0.15, 0.2) is 17.2 Å². The number of imidazole rings is 1. The second-order valence-corrected chi connectivity index (χ2v) is 9.59. The van der Waals surface area contributed by atoms with Gasteiger partial charge in [-0.2, -0.15) is 0 Å². The highest BCUT2D eigenvalue weighted by Gasteiger charge is 2.26. The number of halogens is 1. The zero-order valence-electron chi connectivity index (χ0n) is 20.3. The van der Waals surface area contributed by atoms with E-state index in [0.29, 0.717) is 17.5 Å². The van der Waals surface area contributed by atoms with Crippen molar-refractivity contribution in [1.29, 1.82) is 0 Å². The molecule has 0 unspecified atom stereocenters. The molecule has 3 heterocycles. The van der Waals surface area contributed by atoms with Gasteiger partial charge in [0.1, 0.15) is 5.82 Å². The molecule has 36 heavy (non-hydrogen) atoms. The van der Waals surface area contributed by atoms with Crippen LogP contribution in [0.25, 0.3) is 5.65 Å². The molecule has 2 aliphatic rings. The average Bonchev–Trinajstić information content (AvgIpc) is 3.57. The maximum absolute atomic E-state index is 14.0. The number of hydrogen-bond donors (Lipinski definition) is 4. The SMILES string of the molecule is CN(C)C(=O)NC1CCC(Nc2cc(NC3CC3)c3ncc(C(=O)Nc4ccncc4F)n3n2)CC1. The minimum atomic E-state index is -0.622. The van der Waals surface area contributed by atoms with Crippen LogP contribution in [0.2, 0.25) is 0 Å². The molecule has 4 N–H and O–H groups in total. The van der Waals surface area contributed by atoms with Gasteiger partial charge in [0.25, 0.3) is 5.91 Å². The van der Waals surface area contributed by atoms with Crippen LogP contribution in [0.5, 0.6) is 0 Å². The first kappa shape index (κ1) is 23.8. The van der Waals surface area contributed by atoms with E-state index in [1.165, 1.54) is 23.0 Å². The van der Waals surface area contributed by atoms with Gasteiger partial charge in [0, 0.05) is 44.5 Å². The number of hydrogen-bond acceptors (Lipinski definition) is 7. The summed E-state index contributed by atoms with van der Waals surface area (Å²) in [7, 11) is 3.46. The van der Waals surface area contributed by atoms with Gasteiger partial charge >= 0.3 is 6.03 Å². The molecule has 2 fully saturated rings. The van der Waals surface area contributed by atoms with Gasteiger partial charge < -0.3 is 26.2 Å². The number of pyridine rings is 1. The smallest absolute Gasteiger partial charge is 0.317 e. The lowest BCUT2D eigenvalue weighted by atomic mass is 9.91. The van der Waals surface area contributed by atoms with E-state index >= 15 is 0 Å². The van der Waals surface area contributed by atoms with E-state index in [9.17, 15) is 14.0 Å². The zero-order valence-corrected chi connectivity index (χ0v) is 20.3. The van der Waals surface area contributed by atoms with Crippen molar-refractivity contribution in [2.45, 2.75) is 56.7 Å². The highest BCUT2D eigenvalue weighted by Crippen LogP contribution is 2.30. The Bertz CT molecular complexity index is 1270. The first-order valence-corrected chi connectivity index (χ1v) is 12.2. The second kappa shape index (κ2) is 9.96. The topological polar surface area (TPSA) is 129 Å². The molecule has 190 valence electrons. The van der Waals surface area contributed by atoms with Gasteiger partial charge in [-0.1, -0.05) is 0 Å². The Morgan fingerprint density at radius 3 is 2.39 bits per heavy atom. The largest absolute Gasteiger partial charge is 0.379 e. The monoisotopic (exact) mass is 495 g/mol. The van der Waals surface area contributed by atoms with Crippen LogP contribution >= 0.6 is 0 Å². The fourth-order valence-electron chi connectivity index (χ4n) is 4.31. The molecular weight excluding hydrogens is 465 g/mol. The molecule has 0 bridgehead atoms. The summed E-state index contributed by atoms with van der Waals surface area (Å²) < 4.78 is 15.5. The van der Waals surface area contributed by atoms with Crippen LogP contribution in [0.1, 0.15) is 49.0 Å². The number of urea groups is 1. The summed E-state index contributed by atoms with van der Waals surface area (Å²) in [6, 6.07) is 3.95. The number of fused-ring (bicyclic) bond motifs is 1.